The van der Waals surface area contributed by atoms with Crippen LogP contribution in [0.5, 0.6) is 5.75 Å². The number of fused-ring (bicyclic) bond motifs is 1. The molecule has 3 heterocycles. The Morgan fingerprint density at radius 3 is 2.72 bits per heavy atom. The molecular weight excluding hydrogens is 528 g/mol. The van der Waals surface area contributed by atoms with E-state index in [-0.39, 0.29) is 18.2 Å². The first kappa shape index (κ1) is 26.6. The van der Waals surface area contributed by atoms with Crippen molar-refractivity contribution in [2.75, 3.05) is 65.1 Å². The first-order valence-electron chi connectivity index (χ1n) is 12.2. The number of benzene rings is 1. The monoisotopic (exact) mass is 560 g/mol. The van der Waals surface area contributed by atoms with Crippen molar-refractivity contribution < 1.29 is 19.3 Å². The van der Waals surface area contributed by atoms with Crippen LogP contribution in [0.2, 0.25) is 0 Å². The van der Waals surface area contributed by atoms with Gasteiger partial charge in [-0.3, -0.25) is 9.20 Å². The molecule has 0 unspecified atom stereocenters. The van der Waals surface area contributed by atoms with Crippen LogP contribution in [0.4, 0.5) is 5.82 Å². The maximum Gasteiger partial charge on any atom is 0.274 e. The van der Waals surface area contributed by atoms with Crippen molar-refractivity contribution in [1.29, 1.82) is 0 Å². The summed E-state index contributed by atoms with van der Waals surface area (Å²) in [4.78, 5) is 19.7. The maximum absolute atomic E-state index is 12.8. The standard InChI is InChI=1S/C26H33BrN4O5/c1-30-17-20(19-5-4-6-22(16-19)36-14-13-35-12-11-34-10-9-32)15-21(18-30)28-25-24(27)26(33)31-8-3-2-7-23(31)29-25/h2-8,16,20-21,28,32H,9-15,17-18H2,1H3/t20-,21+/m0/s1. The Kier molecular flexibility index (Phi) is 9.71. The van der Waals surface area contributed by atoms with Crippen LogP contribution < -0.4 is 15.6 Å². The van der Waals surface area contributed by atoms with Crippen LogP contribution in [0.15, 0.2) is 57.9 Å². The van der Waals surface area contributed by atoms with Gasteiger partial charge in [0.15, 0.2) is 0 Å². The summed E-state index contributed by atoms with van der Waals surface area (Å²) in [6.07, 6.45) is 2.63. The molecular formula is C26H33BrN4O5. The Balaban J connectivity index is 1.35. The highest BCUT2D eigenvalue weighted by Gasteiger charge is 2.27. The normalized spacial score (nSPS) is 18.4. The van der Waals surface area contributed by atoms with Crippen LogP contribution in [-0.4, -0.2) is 85.2 Å². The van der Waals surface area contributed by atoms with Crippen LogP contribution in [0.25, 0.3) is 5.65 Å². The third kappa shape index (κ3) is 7.04. The van der Waals surface area contributed by atoms with Crippen molar-refractivity contribution in [2.24, 2.45) is 0 Å². The van der Waals surface area contributed by atoms with Gasteiger partial charge in [0, 0.05) is 25.3 Å². The van der Waals surface area contributed by atoms with Gasteiger partial charge in [0.2, 0.25) is 0 Å². The first-order chi connectivity index (χ1) is 17.5. The largest absolute Gasteiger partial charge is 0.491 e. The number of aliphatic hydroxyl groups is 1. The molecule has 0 saturated carbocycles. The van der Waals surface area contributed by atoms with Gasteiger partial charge in [0.05, 0.1) is 33.0 Å². The zero-order chi connectivity index (χ0) is 25.3. The van der Waals surface area contributed by atoms with Gasteiger partial charge in [0.25, 0.3) is 5.56 Å². The van der Waals surface area contributed by atoms with Crippen LogP contribution in [0.1, 0.15) is 17.9 Å². The average molecular weight is 561 g/mol. The number of likely N-dealkylation sites (N-methyl/N-ethyl adjacent to an activating group) is 1. The summed E-state index contributed by atoms with van der Waals surface area (Å²) >= 11 is 3.45. The fourth-order valence-corrected chi connectivity index (χ4v) is 4.88. The van der Waals surface area contributed by atoms with Gasteiger partial charge in [0.1, 0.15) is 28.3 Å². The lowest BCUT2D eigenvalue weighted by Gasteiger charge is -2.36. The fourth-order valence-electron chi connectivity index (χ4n) is 4.49. The number of nitrogens with zero attached hydrogens (tertiary/aromatic N) is 3. The molecule has 0 aliphatic carbocycles. The Morgan fingerprint density at radius 1 is 1.08 bits per heavy atom. The summed E-state index contributed by atoms with van der Waals surface area (Å²) in [6.45, 7) is 4.00. The molecule has 1 saturated heterocycles. The second-order valence-electron chi connectivity index (χ2n) is 8.87. The van der Waals surface area contributed by atoms with E-state index in [0.29, 0.717) is 54.9 Å². The van der Waals surface area contributed by atoms with Gasteiger partial charge in [-0.05, 0) is 65.1 Å². The van der Waals surface area contributed by atoms with Crippen molar-refractivity contribution in [2.45, 2.75) is 18.4 Å². The average Bonchev–Trinajstić information content (AvgIpc) is 2.88. The van der Waals surface area contributed by atoms with E-state index >= 15 is 0 Å². The van der Waals surface area contributed by atoms with Crippen LogP contribution in [-0.2, 0) is 9.47 Å². The van der Waals surface area contributed by atoms with E-state index in [2.05, 4.69) is 50.3 Å². The van der Waals surface area contributed by atoms with Crippen molar-refractivity contribution in [1.82, 2.24) is 14.3 Å². The van der Waals surface area contributed by atoms with Gasteiger partial charge in [-0.2, -0.15) is 0 Å². The highest BCUT2D eigenvalue weighted by Crippen LogP contribution is 2.30. The number of pyridine rings is 1. The molecule has 3 aromatic rings. The number of aromatic nitrogens is 2. The molecule has 2 aromatic heterocycles. The number of aliphatic hydroxyl groups excluding tert-OH is 1. The summed E-state index contributed by atoms with van der Waals surface area (Å²) in [5.74, 6) is 1.70. The molecule has 0 bridgehead atoms. The highest BCUT2D eigenvalue weighted by molar-refractivity contribution is 9.10. The van der Waals surface area contributed by atoms with E-state index in [9.17, 15) is 4.79 Å². The first-order valence-corrected chi connectivity index (χ1v) is 13.0. The molecule has 194 valence electrons. The molecule has 1 aliphatic rings. The number of anilines is 1. The minimum absolute atomic E-state index is 0.0190. The molecule has 9 nitrogen and oxygen atoms in total. The van der Waals surface area contributed by atoms with Crippen molar-refractivity contribution in [3.63, 3.8) is 0 Å². The third-order valence-corrected chi connectivity index (χ3v) is 6.80. The summed E-state index contributed by atoms with van der Waals surface area (Å²) in [5.41, 5.74) is 1.70. The number of nitrogens with one attached hydrogen (secondary N) is 1. The Bertz CT molecular complexity index is 1190. The van der Waals surface area contributed by atoms with E-state index in [1.165, 1.54) is 9.96 Å². The summed E-state index contributed by atoms with van der Waals surface area (Å²) in [5, 5.41) is 12.2. The van der Waals surface area contributed by atoms with E-state index in [1.807, 2.05) is 30.3 Å². The van der Waals surface area contributed by atoms with Gasteiger partial charge in [-0.1, -0.05) is 18.2 Å². The van der Waals surface area contributed by atoms with E-state index in [4.69, 9.17) is 19.3 Å². The van der Waals surface area contributed by atoms with Gasteiger partial charge in [-0.15, -0.1) is 0 Å². The minimum atomic E-state index is -0.129. The van der Waals surface area contributed by atoms with E-state index in [0.717, 1.165) is 25.3 Å². The van der Waals surface area contributed by atoms with Gasteiger partial charge >= 0.3 is 0 Å². The Labute approximate surface area is 219 Å². The number of hydrogen-bond acceptors (Lipinski definition) is 8. The number of halogens is 1. The van der Waals surface area contributed by atoms with Crippen molar-refractivity contribution in [3.05, 3.63) is 69.1 Å². The lowest BCUT2D eigenvalue weighted by molar-refractivity contribution is 0.0247. The van der Waals surface area contributed by atoms with E-state index < -0.39 is 0 Å². The summed E-state index contributed by atoms with van der Waals surface area (Å²) < 4.78 is 18.5. The summed E-state index contributed by atoms with van der Waals surface area (Å²) in [7, 11) is 2.11. The van der Waals surface area contributed by atoms with Gasteiger partial charge in [-0.25, -0.2) is 4.98 Å². The van der Waals surface area contributed by atoms with E-state index in [1.54, 1.807) is 6.20 Å². The lowest BCUT2D eigenvalue weighted by Crippen LogP contribution is -2.43. The molecule has 1 aromatic carbocycles. The minimum Gasteiger partial charge on any atom is -0.491 e. The number of rotatable bonds is 12. The SMILES string of the molecule is CN1C[C@H](Nc2nc3ccccn3c(=O)c2Br)C[C@H](c2cccc(OCCOCCOCCO)c2)C1. The molecule has 36 heavy (non-hydrogen) atoms. The molecule has 4 rings (SSSR count). The van der Waals surface area contributed by atoms with Gasteiger partial charge < -0.3 is 29.5 Å². The number of hydrogen-bond donors (Lipinski definition) is 2. The third-order valence-electron chi connectivity index (χ3n) is 6.09. The predicted octanol–water partition coefficient (Wildman–Crippen LogP) is 2.76. The molecule has 2 atom stereocenters. The zero-order valence-corrected chi connectivity index (χ0v) is 22.0. The molecule has 0 amide bonds. The highest BCUT2D eigenvalue weighted by atomic mass is 79.9. The van der Waals surface area contributed by atoms with Crippen molar-refractivity contribution >= 4 is 27.4 Å². The molecule has 2 N–H and O–H groups in total. The molecule has 1 aliphatic heterocycles. The maximum atomic E-state index is 12.8. The van der Waals surface area contributed by atoms with Crippen molar-refractivity contribution in [3.8, 4) is 5.75 Å². The van der Waals surface area contributed by atoms with Crippen LogP contribution in [0.3, 0.4) is 0 Å². The lowest BCUT2D eigenvalue weighted by atomic mass is 9.88. The second kappa shape index (κ2) is 13.2. The topological polar surface area (TPSA) is 97.6 Å². The molecule has 1 fully saturated rings. The second-order valence-corrected chi connectivity index (χ2v) is 9.67. The number of likely N-dealkylation sites (tertiary alicyclic amines) is 1. The Hall–Kier alpha value is -2.50. The molecule has 0 spiro atoms. The zero-order valence-electron chi connectivity index (χ0n) is 20.4. The number of piperidine rings is 1. The quantitative estimate of drug-likeness (QED) is 0.326. The predicted molar refractivity (Wildman–Crippen MR) is 142 cm³/mol. The molecule has 0 radical (unpaired) electrons. The summed E-state index contributed by atoms with van der Waals surface area (Å²) in [6, 6.07) is 13.9. The molecule has 10 heteroatoms. The number of ether oxygens (including phenoxy) is 3. The van der Waals surface area contributed by atoms with Crippen LogP contribution >= 0.6 is 15.9 Å². The smallest absolute Gasteiger partial charge is 0.274 e. The fraction of sp³-hybridized carbons (Fsp3) is 0.462. The Morgan fingerprint density at radius 2 is 1.89 bits per heavy atom. The van der Waals surface area contributed by atoms with Crippen LogP contribution in [0, 0.1) is 0 Å².